The van der Waals surface area contributed by atoms with Crippen molar-refractivity contribution >= 4 is 29.7 Å². The third-order valence-electron chi connectivity index (χ3n) is 3.76. The van der Waals surface area contributed by atoms with Gasteiger partial charge in [0.25, 0.3) is 5.91 Å². The van der Waals surface area contributed by atoms with Crippen LogP contribution in [0.3, 0.4) is 0 Å². The van der Waals surface area contributed by atoms with Crippen LogP contribution < -0.4 is 10.5 Å². The molecule has 1 atom stereocenters. The van der Waals surface area contributed by atoms with Gasteiger partial charge in [0.2, 0.25) is 0 Å². The first-order valence-corrected chi connectivity index (χ1v) is 8.37. The molecule has 4 nitrogen and oxygen atoms in total. The maximum Gasteiger partial charge on any atom is 0.267 e. The molecule has 0 bridgehead atoms. The molecule has 6 heteroatoms. The summed E-state index contributed by atoms with van der Waals surface area (Å²) in [7, 11) is 0. The number of ether oxygens (including phenoxy) is 1. The van der Waals surface area contributed by atoms with Crippen molar-refractivity contribution in [3.63, 3.8) is 0 Å². The molecule has 1 aromatic carbocycles. The van der Waals surface area contributed by atoms with Crippen LogP contribution in [0, 0.1) is 0 Å². The second-order valence-electron chi connectivity index (χ2n) is 5.40. The average molecular weight is 353 g/mol. The fourth-order valence-electron chi connectivity index (χ4n) is 2.65. The van der Waals surface area contributed by atoms with Crippen molar-refractivity contribution in [2.24, 2.45) is 5.73 Å². The molecule has 0 spiro atoms. The number of hydrogen-bond acceptors (Lipinski definition) is 4. The minimum Gasteiger partial charge on any atom is -0.492 e. The van der Waals surface area contributed by atoms with Gasteiger partial charge in [-0.15, -0.1) is 23.7 Å². The minimum atomic E-state index is 0. The lowest BCUT2D eigenvalue weighted by atomic mass is 10.2. The lowest BCUT2D eigenvalue weighted by molar-refractivity contribution is 0.0792. The molecule has 2 heterocycles. The number of likely N-dealkylation sites (tertiary alicyclic amines) is 1. The van der Waals surface area contributed by atoms with Crippen LogP contribution in [0.25, 0.3) is 10.4 Å². The third kappa shape index (κ3) is 3.86. The van der Waals surface area contributed by atoms with Crippen LogP contribution in [0.15, 0.2) is 36.4 Å². The molecule has 124 valence electrons. The Labute approximate surface area is 146 Å². The number of carbonyl (C=O) groups excluding carboxylic acids is 1. The molecule has 0 saturated carbocycles. The van der Waals surface area contributed by atoms with Crippen LogP contribution >= 0.6 is 23.7 Å². The predicted octanol–water partition coefficient (Wildman–Crippen LogP) is 3.41. The van der Waals surface area contributed by atoms with Crippen LogP contribution in [0.2, 0.25) is 0 Å². The van der Waals surface area contributed by atoms with Crippen LogP contribution in [-0.4, -0.2) is 36.5 Å². The lowest BCUT2D eigenvalue weighted by Crippen LogP contribution is -2.31. The molecule has 0 radical (unpaired) electrons. The third-order valence-corrected chi connectivity index (χ3v) is 4.92. The molecule has 1 amide bonds. The van der Waals surface area contributed by atoms with Gasteiger partial charge in [-0.25, -0.2) is 0 Å². The van der Waals surface area contributed by atoms with Crippen LogP contribution in [0.4, 0.5) is 0 Å². The molecule has 3 rings (SSSR count). The zero-order chi connectivity index (χ0) is 15.5. The van der Waals surface area contributed by atoms with Gasteiger partial charge in [0.15, 0.2) is 0 Å². The molecule has 2 N–H and O–H groups in total. The second kappa shape index (κ2) is 7.81. The summed E-state index contributed by atoms with van der Waals surface area (Å²) in [4.78, 5) is 16.3. The number of benzene rings is 1. The van der Waals surface area contributed by atoms with Crippen LogP contribution in [0.5, 0.6) is 5.75 Å². The number of halogens is 1. The molecule has 1 saturated heterocycles. The Bertz CT molecular complexity index is 660. The molecule has 1 aromatic heterocycles. The van der Waals surface area contributed by atoms with Gasteiger partial charge in [0.05, 0.1) is 6.61 Å². The van der Waals surface area contributed by atoms with Crippen molar-refractivity contribution in [2.45, 2.75) is 19.4 Å². The average Bonchev–Trinajstić information content (AvgIpc) is 3.15. The second-order valence-corrected chi connectivity index (χ2v) is 6.46. The summed E-state index contributed by atoms with van der Waals surface area (Å²) in [5, 5.41) is 0. The first-order chi connectivity index (χ1) is 10.7. The highest BCUT2D eigenvalue weighted by Gasteiger charge is 2.28. The number of thiophene rings is 1. The Kier molecular flexibility index (Phi) is 6.04. The first kappa shape index (κ1) is 17.8. The predicted molar refractivity (Wildman–Crippen MR) is 96.7 cm³/mol. The summed E-state index contributed by atoms with van der Waals surface area (Å²) in [6.45, 7) is 3.83. The molecule has 1 aliphatic rings. The summed E-state index contributed by atoms with van der Waals surface area (Å²) < 4.78 is 5.68. The van der Waals surface area contributed by atoms with Gasteiger partial charge in [-0.3, -0.25) is 4.79 Å². The van der Waals surface area contributed by atoms with E-state index < -0.39 is 0 Å². The maximum absolute atomic E-state index is 12.7. The topological polar surface area (TPSA) is 55.6 Å². The van der Waals surface area contributed by atoms with Gasteiger partial charge in [-0.2, -0.15) is 0 Å². The van der Waals surface area contributed by atoms with Crippen molar-refractivity contribution < 1.29 is 9.53 Å². The minimum absolute atomic E-state index is 0. The zero-order valence-electron chi connectivity index (χ0n) is 13.0. The maximum atomic E-state index is 12.7. The molecule has 0 unspecified atom stereocenters. The van der Waals surface area contributed by atoms with Crippen molar-refractivity contribution in [1.82, 2.24) is 4.90 Å². The van der Waals surface area contributed by atoms with Gasteiger partial charge < -0.3 is 15.4 Å². The van der Waals surface area contributed by atoms with E-state index in [1.54, 1.807) is 0 Å². The summed E-state index contributed by atoms with van der Waals surface area (Å²) >= 11 is 1.49. The van der Waals surface area contributed by atoms with Gasteiger partial charge >= 0.3 is 0 Å². The summed E-state index contributed by atoms with van der Waals surface area (Å²) in [6, 6.07) is 12.1. The van der Waals surface area contributed by atoms with Crippen molar-refractivity contribution in [3.05, 3.63) is 41.3 Å². The monoisotopic (exact) mass is 352 g/mol. The Morgan fingerprint density at radius 3 is 2.74 bits per heavy atom. The Morgan fingerprint density at radius 2 is 2.13 bits per heavy atom. The van der Waals surface area contributed by atoms with Gasteiger partial charge in [0.1, 0.15) is 10.6 Å². The smallest absolute Gasteiger partial charge is 0.267 e. The molecule has 1 fully saturated rings. The van der Waals surface area contributed by atoms with E-state index in [1.807, 2.05) is 48.2 Å². The first-order valence-electron chi connectivity index (χ1n) is 7.56. The van der Waals surface area contributed by atoms with E-state index in [4.69, 9.17) is 10.5 Å². The Hall–Kier alpha value is -1.56. The molecule has 23 heavy (non-hydrogen) atoms. The van der Waals surface area contributed by atoms with Crippen molar-refractivity contribution in [3.8, 4) is 16.2 Å². The molecule has 2 aromatic rings. The fraction of sp³-hybridized carbons (Fsp3) is 0.353. The van der Waals surface area contributed by atoms with E-state index >= 15 is 0 Å². The van der Waals surface area contributed by atoms with Crippen LogP contribution in [-0.2, 0) is 0 Å². The fourth-order valence-corrected chi connectivity index (χ4v) is 3.72. The highest BCUT2D eigenvalue weighted by atomic mass is 35.5. The number of carbonyl (C=O) groups is 1. The normalized spacial score (nSPS) is 17.0. The summed E-state index contributed by atoms with van der Waals surface area (Å²) in [5.41, 5.74) is 7.01. The number of amides is 1. The number of nitrogens with zero attached hydrogens (tertiary/aromatic N) is 1. The van der Waals surface area contributed by atoms with Crippen molar-refractivity contribution in [2.75, 3.05) is 19.7 Å². The van der Waals surface area contributed by atoms with Crippen molar-refractivity contribution in [1.29, 1.82) is 0 Å². The lowest BCUT2D eigenvalue weighted by Gasteiger charge is -2.15. The highest BCUT2D eigenvalue weighted by molar-refractivity contribution is 7.17. The number of nitrogens with two attached hydrogens (primary N) is 1. The van der Waals surface area contributed by atoms with Gasteiger partial charge in [0, 0.05) is 24.0 Å². The van der Waals surface area contributed by atoms with E-state index in [2.05, 4.69) is 0 Å². The SMILES string of the molecule is CCOc1cc(-c2ccccc2)sc1C(=O)N1CC[C@@H](N)C1.Cl. The van der Waals surface area contributed by atoms with E-state index in [0.717, 1.165) is 23.4 Å². The zero-order valence-corrected chi connectivity index (χ0v) is 14.7. The summed E-state index contributed by atoms with van der Waals surface area (Å²) in [6.07, 6.45) is 0.868. The molecule has 0 aliphatic carbocycles. The molecular formula is C17H21ClN2O2S. The van der Waals surface area contributed by atoms with Crippen LogP contribution in [0.1, 0.15) is 23.0 Å². The van der Waals surface area contributed by atoms with E-state index in [-0.39, 0.29) is 24.4 Å². The van der Waals surface area contributed by atoms with Gasteiger partial charge in [-0.1, -0.05) is 30.3 Å². The number of rotatable bonds is 4. The van der Waals surface area contributed by atoms with E-state index in [9.17, 15) is 4.79 Å². The molecular weight excluding hydrogens is 332 g/mol. The summed E-state index contributed by atoms with van der Waals surface area (Å²) in [5.74, 6) is 0.709. The van der Waals surface area contributed by atoms with E-state index in [0.29, 0.717) is 23.8 Å². The van der Waals surface area contributed by atoms with Gasteiger partial charge in [-0.05, 0) is 25.0 Å². The quantitative estimate of drug-likeness (QED) is 0.917. The molecule has 1 aliphatic heterocycles. The largest absolute Gasteiger partial charge is 0.492 e. The Morgan fingerprint density at radius 1 is 1.39 bits per heavy atom. The Balaban J connectivity index is 0.00000192. The standard InChI is InChI=1S/C17H20N2O2S.ClH/c1-2-21-14-10-15(12-6-4-3-5-7-12)22-16(14)17(20)19-9-8-13(18)11-19;/h3-7,10,13H,2,8-9,11,18H2,1H3;1H/t13-;/m1./s1. The number of hydrogen-bond donors (Lipinski definition) is 1. The highest BCUT2D eigenvalue weighted by Crippen LogP contribution is 2.37. The van der Waals surface area contributed by atoms with E-state index in [1.165, 1.54) is 11.3 Å².